The number of aryl methyl sites for hydroxylation is 1. The molecule has 0 saturated carbocycles. The van der Waals surface area contributed by atoms with E-state index in [1.54, 1.807) is 36.8 Å². The zero-order chi connectivity index (χ0) is 24.1. The van der Waals surface area contributed by atoms with Crippen LogP contribution in [0.1, 0.15) is 11.1 Å². The zero-order valence-corrected chi connectivity index (χ0v) is 20.0. The highest BCUT2D eigenvalue weighted by atomic mass is 35.5. The predicted molar refractivity (Wildman–Crippen MR) is 133 cm³/mol. The number of carbonyl (C=O) groups excluding carboxylic acids is 1. The topological polar surface area (TPSA) is 84.3 Å². The van der Waals surface area contributed by atoms with Crippen molar-refractivity contribution in [3.8, 4) is 5.69 Å². The fourth-order valence-electron chi connectivity index (χ4n) is 3.34. The van der Waals surface area contributed by atoms with Gasteiger partial charge in [-0.1, -0.05) is 41.4 Å². The van der Waals surface area contributed by atoms with Crippen LogP contribution in [0.15, 0.2) is 96.4 Å². The van der Waals surface area contributed by atoms with Crippen LogP contribution in [-0.2, 0) is 21.4 Å². The molecule has 1 aromatic heterocycles. The summed E-state index contributed by atoms with van der Waals surface area (Å²) < 4.78 is 29.8. The lowest BCUT2D eigenvalue weighted by Gasteiger charge is -2.24. The molecule has 0 unspecified atom stereocenters. The number of benzene rings is 3. The van der Waals surface area contributed by atoms with Crippen molar-refractivity contribution in [3.05, 3.63) is 108 Å². The minimum absolute atomic E-state index is 0.0559. The number of hydrogen-bond donors (Lipinski definition) is 1. The number of amides is 1. The minimum atomic E-state index is -3.99. The van der Waals surface area contributed by atoms with Crippen molar-refractivity contribution < 1.29 is 13.2 Å². The molecule has 0 aliphatic rings. The summed E-state index contributed by atoms with van der Waals surface area (Å²) in [5.41, 5.74) is 3.23. The van der Waals surface area contributed by atoms with E-state index in [2.05, 4.69) is 10.3 Å². The van der Waals surface area contributed by atoms with Gasteiger partial charge in [0.15, 0.2) is 0 Å². The van der Waals surface area contributed by atoms with Crippen LogP contribution in [0.2, 0.25) is 5.02 Å². The molecule has 3 aromatic carbocycles. The van der Waals surface area contributed by atoms with Crippen molar-refractivity contribution >= 4 is 33.2 Å². The van der Waals surface area contributed by atoms with E-state index in [0.29, 0.717) is 10.7 Å². The molecule has 9 heteroatoms. The highest BCUT2D eigenvalue weighted by Gasteiger charge is 2.27. The summed E-state index contributed by atoms with van der Waals surface area (Å²) >= 11 is 5.92. The molecule has 0 fully saturated rings. The molecule has 4 aromatic rings. The summed E-state index contributed by atoms with van der Waals surface area (Å²) in [7, 11) is -3.99. The highest BCUT2D eigenvalue weighted by molar-refractivity contribution is 7.92. The van der Waals surface area contributed by atoms with Crippen molar-refractivity contribution in [2.75, 3.05) is 10.8 Å². The van der Waals surface area contributed by atoms with E-state index < -0.39 is 15.9 Å². The van der Waals surface area contributed by atoms with Gasteiger partial charge in [0.25, 0.3) is 10.0 Å². The fraction of sp³-hybridized carbons (Fsp3) is 0.120. The number of sulfonamides is 1. The predicted octanol–water partition coefficient (Wildman–Crippen LogP) is 4.35. The molecule has 0 radical (unpaired) electrons. The molecule has 0 bridgehead atoms. The van der Waals surface area contributed by atoms with Crippen LogP contribution in [-0.4, -0.2) is 30.4 Å². The summed E-state index contributed by atoms with van der Waals surface area (Å²) in [6.07, 6.45) is 5.25. The Balaban J connectivity index is 1.50. The molecule has 1 N–H and O–H groups in total. The minimum Gasteiger partial charge on any atom is -0.350 e. The van der Waals surface area contributed by atoms with Gasteiger partial charge in [-0.15, -0.1) is 0 Å². The number of hydrogen-bond acceptors (Lipinski definition) is 4. The smallest absolute Gasteiger partial charge is 0.264 e. The fourth-order valence-corrected chi connectivity index (χ4v) is 4.89. The van der Waals surface area contributed by atoms with Gasteiger partial charge in [-0.25, -0.2) is 13.4 Å². The maximum atomic E-state index is 13.4. The summed E-state index contributed by atoms with van der Waals surface area (Å²) in [5, 5.41) is 3.24. The van der Waals surface area contributed by atoms with Crippen molar-refractivity contribution in [3.63, 3.8) is 0 Å². The molecule has 0 atom stereocenters. The van der Waals surface area contributed by atoms with E-state index in [1.165, 1.54) is 24.3 Å². The first kappa shape index (κ1) is 23.5. The zero-order valence-electron chi connectivity index (χ0n) is 18.4. The second-order valence-electron chi connectivity index (χ2n) is 7.71. The number of rotatable bonds is 8. The van der Waals surface area contributed by atoms with E-state index in [-0.39, 0.29) is 18.0 Å². The van der Waals surface area contributed by atoms with Crippen molar-refractivity contribution in [2.24, 2.45) is 0 Å². The molecule has 0 aliphatic heterocycles. The third kappa shape index (κ3) is 5.47. The number of imidazole rings is 1. The SMILES string of the molecule is Cc1ccc(N(CC(=O)NCc2ccc(-n3ccnc3)cc2)S(=O)(=O)c2ccc(Cl)cc2)cc1. The van der Waals surface area contributed by atoms with Crippen LogP contribution < -0.4 is 9.62 Å². The first-order valence-electron chi connectivity index (χ1n) is 10.5. The molecule has 7 nitrogen and oxygen atoms in total. The van der Waals surface area contributed by atoms with Gasteiger partial charge in [0.05, 0.1) is 16.9 Å². The van der Waals surface area contributed by atoms with Crippen LogP contribution >= 0.6 is 11.6 Å². The Morgan fingerprint density at radius 2 is 1.68 bits per heavy atom. The van der Waals surface area contributed by atoms with Gasteiger partial charge in [-0.2, -0.15) is 0 Å². The van der Waals surface area contributed by atoms with Gasteiger partial charge in [0.1, 0.15) is 6.54 Å². The van der Waals surface area contributed by atoms with Crippen LogP contribution in [0.5, 0.6) is 0 Å². The average Bonchev–Trinajstić information content (AvgIpc) is 3.37. The lowest BCUT2D eigenvalue weighted by Crippen LogP contribution is -2.40. The standard InChI is InChI=1S/C25H23ClN4O3S/c1-19-2-8-23(9-3-19)30(34(32,33)24-12-6-21(26)7-13-24)17-25(31)28-16-20-4-10-22(11-5-20)29-15-14-27-18-29/h2-15,18H,16-17H2,1H3,(H,28,31). The molecule has 174 valence electrons. The van der Waals surface area contributed by atoms with E-state index in [1.807, 2.05) is 42.0 Å². The number of nitrogens with one attached hydrogen (secondary N) is 1. The summed E-state index contributed by atoms with van der Waals surface area (Å²) in [6, 6.07) is 20.5. The first-order chi connectivity index (χ1) is 16.3. The monoisotopic (exact) mass is 494 g/mol. The first-order valence-corrected chi connectivity index (χ1v) is 12.3. The molecule has 34 heavy (non-hydrogen) atoms. The Morgan fingerprint density at radius 1 is 1.00 bits per heavy atom. The lowest BCUT2D eigenvalue weighted by atomic mass is 10.2. The molecule has 0 aliphatic carbocycles. The quantitative estimate of drug-likeness (QED) is 0.395. The van der Waals surface area contributed by atoms with Gasteiger partial charge in [-0.3, -0.25) is 9.10 Å². The van der Waals surface area contributed by atoms with Crippen molar-refractivity contribution in [2.45, 2.75) is 18.4 Å². The largest absolute Gasteiger partial charge is 0.350 e. The number of halogens is 1. The average molecular weight is 495 g/mol. The molecular formula is C25H23ClN4O3S. The molecule has 0 spiro atoms. The van der Waals surface area contributed by atoms with E-state index in [0.717, 1.165) is 21.1 Å². The Kier molecular flexibility index (Phi) is 7.00. The number of carbonyl (C=O) groups is 1. The third-order valence-corrected chi connectivity index (χ3v) is 7.28. The van der Waals surface area contributed by atoms with E-state index in [4.69, 9.17) is 11.6 Å². The van der Waals surface area contributed by atoms with Gasteiger partial charge >= 0.3 is 0 Å². The third-order valence-electron chi connectivity index (χ3n) is 5.24. The number of aromatic nitrogens is 2. The summed E-state index contributed by atoms with van der Waals surface area (Å²) in [6.45, 7) is 1.82. The molecule has 1 amide bonds. The Hall–Kier alpha value is -3.62. The van der Waals surface area contributed by atoms with E-state index >= 15 is 0 Å². The summed E-state index contributed by atoms with van der Waals surface area (Å²) in [5.74, 6) is -0.420. The van der Waals surface area contributed by atoms with Crippen molar-refractivity contribution in [1.82, 2.24) is 14.9 Å². The normalized spacial score (nSPS) is 11.2. The second-order valence-corrected chi connectivity index (χ2v) is 10.0. The van der Waals surface area contributed by atoms with Crippen molar-refractivity contribution in [1.29, 1.82) is 0 Å². The highest BCUT2D eigenvalue weighted by Crippen LogP contribution is 2.25. The maximum Gasteiger partial charge on any atom is 0.264 e. The molecule has 1 heterocycles. The molecule has 0 saturated heterocycles. The van der Waals surface area contributed by atoms with Crippen LogP contribution in [0, 0.1) is 6.92 Å². The van der Waals surface area contributed by atoms with E-state index in [9.17, 15) is 13.2 Å². The Labute approximate surface area is 203 Å². The number of nitrogens with zero attached hydrogens (tertiary/aromatic N) is 3. The number of anilines is 1. The van der Waals surface area contributed by atoms with Crippen LogP contribution in [0.3, 0.4) is 0 Å². The van der Waals surface area contributed by atoms with Gasteiger partial charge < -0.3 is 9.88 Å². The van der Waals surface area contributed by atoms with Gasteiger partial charge in [-0.05, 0) is 61.0 Å². The molecular weight excluding hydrogens is 472 g/mol. The summed E-state index contributed by atoms with van der Waals surface area (Å²) in [4.78, 5) is 16.9. The molecule has 4 rings (SSSR count). The van der Waals surface area contributed by atoms with Crippen LogP contribution in [0.4, 0.5) is 5.69 Å². The maximum absolute atomic E-state index is 13.4. The lowest BCUT2D eigenvalue weighted by molar-refractivity contribution is -0.119. The second kappa shape index (κ2) is 10.1. The van der Waals surface area contributed by atoms with Gasteiger partial charge in [0.2, 0.25) is 5.91 Å². The Bertz CT molecular complexity index is 1350. The Morgan fingerprint density at radius 3 is 2.29 bits per heavy atom. The van der Waals surface area contributed by atoms with Gasteiger partial charge in [0, 0.05) is 29.6 Å². The van der Waals surface area contributed by atoms with Crippen LogP contribution in [0.25, 0.3) is 5.69 Å².